The third-order valence-corrected chi connectivity index (χ3v) is 5.59. The molecule has 0 unspecified atom stereocenters. The first-order valence-electron chi connectivity index (χ1n) is 9.64. The molecule has 2 aromatic rings. The minimum absolute atomic E-state index is 0.307. The second-order valence-electron chi connectivity index (χ2n) is 7.48. The molecule has 2 atom stereocenters. The Morgan fingerprint density at radius 1 is 1.39 bits per heavy atom. The molecule has 7 heteroatoms. The summed E-state index contributed by atoms with van der Waals surface area (Å²) in [5, 5.41) is 20.2. The zero-order chi connectivity index (χ0) is 20.3. The molecule has 0 amide bonds. The van der Waals surface area contributed by atoms with Crippen molar-refractivity contribution in [2.24, 2.45) is 5.41 Å². The molecule has 1 aromatic heterocycles. The number of carboxylic acids is 1. The van der Waals surface area contributed by atoms with Gasteiger partial charge in [0.1, 0.15) is 16.9 Å². The molecule has 0 saturated carbocycles. The molecule has 7 nitrogen and oxygen atoms in total. The molecular formula is C21H28N2O5. The lowest BCUT2D eigenvalue weighted by atomic mass is 9.74. The van der Waals surface area contributed by atoms with Crippen molar-refractivity contribution in [3.8, 4) is 17.2 Å². The largest absolute Gasteiger partial charge is 0.497 e. The number of aliphatic hydroxyl groups excluding tert-OH is 1. The van der Waals surface area contributed by atoms with Crippen LogP contribution in [0.15, 0.2) is 28.7 Å². The number of carboxylic acid groups (broad SMARTS) is 1. The lowest BCUT2D eigenvalue weighted by Gasteiger charge is -2.43. The number of aryl methyl sites for hydroxylation is 1. The fourth-order valence-electron chi connectivity index (χ4n) is 3.95. The van der Waals surface area contributed by atoms with Crippen LogP contribution in [0, 0.1) is 12.3 Å². The standard InChI is InChI=1S/C21H28N2O5/c1-4-10-21(20(25)26)13-23(11-9-18(21)24)12-17-14(2)28-19(22-17)15-5-7-16(27-3)8-6-15/h5-8,18,24H,4,9-13H2,1-3H3,(H,25,26)/t18-,21+/m0/s1. The Morgan fingerprint density at radius 2 is 2.11 bits per heavy atom. The van der Waals surface area contributed by atoms with Gasteiger partial charge in [0, 0.05) is 25.2 Å². The molecule has 0 aliphatic carbocycles. The number of aromatic nitrogens is 1. The number of likely N-dealkylation sites (tertiary alicyclic amines) is 1. The average molecular weight is 388 g/mol. The number of hydrogen-bond acceptors (Lipinski definition) is 6. The van der Waals surface area contributed by atoms with E-state index < -0.39 is 17.5 Å². The van der Waals surface area contributed by atoms with Gasteiger partial charge in [0.05, 0.1) is 18.9 Å². The number of oxazole rings is 1. The first kappa shape index (κ1) is 20.4. The molecule has 1 aliphatic rings. The summed E-state index contributed by atoms with van der Waals surface area (Å²) >= 11 is 0. The number of aliphatic carboxylic acids is 1. The van der Waals surface area contributed by atoms with E-state index in [4.69, 9.17) is 9.15 Å². The lowest BCUT2D eigenvalue weighted by Crippen LogP contribution is -2.55. The number of benzene rings is 1. The van der Waals surface area contributed by atoms with Gasteiger partial charge < -0.3 is 19.4 Å². The maximum absolute atomic E-state index is 12.0. The first-order valence-corrected chi connectivity index (χ1v) is 9.64. The van der Waals surface area contributed by atoms with Gasteiger partial charge in [-0.3, -0.25) is 9.69 Å². The predicted octanol–water partition coefficient (Wildman–Crippen LogP) is 3.10. The Kier molecular flexibility index (Phi) is 6.05. The topological polar surface area (TPSA) is 96.0 Å². The summed E-state index contributed by atoms with van der Waals surface area (Å²) in [6.07, 6.45) is 0.778. The zero-order valence-electron chi connectivity index (χ0n) is 16.6. The molecule has 0 spiro atoms. The van der Waals surface area contributed by atoms with Crippen molar-refractivity contribution in [1.29, 1.82) is 0 Å². The summed E-state index contributed by atoms with van der Waals surface area (Å²) in [6, 6.07) is 7.49. The molecule has 1 fully saturated rings. The monoisotopic (exact) mass is 388 g/mol. The third-order valence-electron chi connectivity index (χ3n) is 5.59. The third kappa shape index (κ3) is 3.91. The Hall–Kier alpha value is -2.38. The van der Waals surface area contributed by atoms with E-state index in [2.05, 4.69) is 9.88 Å². The molecule has 152 valence electrons. The maximum Gasteiger partial charge on any atom is 0.313 e. The van der Waals surface area contributed by atoms with Gasteiger partial charge in [-0.25, -0.2) is 4.98 Å². The molecule has 0 bridgehead atoms. The van der Waals surface area contributed by atoms with Crippen molar-refractivity contribution < 1.29 is 24.2 Å². The highest BCUT2D eigenvalue weighted by molar-refractivity contribution is 5.76. The summed E-state index contributed by atoms with van der Waals surface area (Å²) in [5.74, 6) is 1.08. The summed E-state index contributed by atoms with van der Waals surface area (Å²) in [6.45, 7) is 5.24. The fourth-order valence-corrected chi connectivity index (χ4v) is 3.95. The van der Waals surface area contributed by atoms with Gasteiger partial charge in [-0.2, -0.15) is 0 Å². The Bertz CT molecular complexity index is 817. The van der Waals surface area contributed by atoms with Crippen LogP contribution in [0.4, 0.5) is 0 Å². The van der Waals surface area contributed by atoms with E-state index >= 15 is 0 Å². The minimum Gasteiger partial charge on any atom is -0.497 e. The number of nitrogens with zero attached hydrogens (tertiary/aromatic N) is 2. The van der Waals surface area contributed by atoms with Crippen molar-refractivity contribution in [3.05, 3.63) is 35.7 Å². The molecule has 2 heterocycles. The first-order chi connectivity index (χ1) is 13.4. The number of hydrogen-bond donors (Lipinski definition) is 2. The van der Waals surface area contributed by atoms with Crippen LogP contribution in [-0.2, 0) is 11.3 Å². The molecule has 1 aromatic carbocycles. The fraction of sp³-hybridized carbons (Fsp3) is 0.524. The number of rotatable bonds is 7. The molecule has 3 rings (SSSR count). The molecule has 1 aliphatic heterocycles. The van der Waals surface area contributed by atoms with E-state index in [0.29, 0.717) is 50.5 Å². The van der Waals surface area contributed by atoms with Crippen LogP contribution in [-0.4, -0.2) is 52.4 Å². The van der Waals surface area contributed by atoms with Crippen LogP contribution in [0.3, 0.4) is 0 Å². The van der Waals surface area contributed by atoms with Crippen molar-refractivity contribution in [2.75, 3.05) is 20.2 Å². The minimum atomic E-state index is -1.12. The van der Waals surface area contributed by atoms with Gasteiger partial charge in [-0.15, -0.1) is 0 Å². The van der Waals surface area contributed by atoms with Crippen molar-refractivity contribution >= 4 is 5.97 Å². The van der Waals surface area contributed by atoms with Crippen molar-refractivity contribution in [3.63, 3.8) is 0 Å². The van der Waals surface area contributed by atoms with E-state index in [1.807, 2.05) is 38.1 Å². The van der Waals surface area contributed by atoms with E-state index in [1.54, 1.807) is 7.11 Å². The van der Waals surface area contributed by atoms with Crippen LogP contribution in [0.1, 0.15) is 37.6 Å². The van der Waals surface area contributed by atoms with Crippen LogP contribution < -0.4 is 4.74 Å². The van der Waals surface area contributed by atoms with E-state index in [0.717, 1.165) is 17.0 Å². The molecule has 2 N–H and O–H groups in total. The van der Waals surface area contributed by atoms with Gasteiger partial charge in [0.25, 0.3) is 0 Å². The molecule has 1 saturated heterocycles. The number of aliphatic hydroxyl groups is 1. The van der Waals surface area contributed by atoms with Crippen molar-refractivity contribution in [1.82, 2.24) is 9.88 Å². The summed E-state index contributed by atoms with van der Waals surface area (Å²) in [4.78, 5) is 18.6. The zero-order valence-corrected chi connectivity index (χ0v) is 16.6. The summed E-state index contributed by atoms with van der Waals surface area (Å²) in [5.41, 5.74) is 0.525. The Balaban J connectivity index is 1.78. The van der Waals surface area contributed by atoms with Gasteiger partial charge in [-0.1, -0.05) is 13.3 Å². The summed E-state index contributed by atoms with van der Waals surface area (Å²) < 4.78 is 11.0. The smallest absolute Gasteiger partial charge is 0.313 e. The van der Waals surface area contributed by atoms with Gasteiger partial charge >= 0.3 is 5.97 Å². The Labute approximate surface area is 164 Å². The van der Waals surface area contributed by atoms with Crippen molar-refractivity contribution in [2.45, 2.75) is 45.8 Å². The number of ether oxygens (including phenoxy) is 1. The highest BCUT2D eigenvalue weighted by atomic mass is 16.5. The van der Waals surface area contributed by atoms with Gasteiger partial charge in [-0.05, 0) is 44.0 Å². The highest BCUT2D eigenvalue weighted by Crippen LogP contribution is 2.36. The van der Waals surface area contributed by atoms with Crippen LogP contribution in [0.2, 0.25) is 0 Å². The van der Waals surface area contributed by atoms with Crippen LogP contribution in [0.25, 0.3) is 11.5 Å². The second kappa shape index (κ2) is 8.32. The second-order valence-corrected chi connectivity index (χ2v) is 7.48. The van der Waals surface area contributed by atoms with E-state index in [1.165, 1.54) is 0 Å². The maximum atomic E-state index is 12.0. The SMILES string of the molecule is CCC[C@@]1(C(=O)O)CN(Cc2nc(-c3ccc(OC)cc3)oc2C)CC[C@@H]1O. The van der Waals surface area contributed by atoms with Gasteiger partial charge in [0.2, 0.25) is 5.89 Å². The molecule has 28 heavy (non-hydrogen) atoms. The van der Waals surface area contributed by atoms with Crippen LogP contribution >= 0.6 is 0 Å². The highest BCUT2D eigenvalue weighted by Gasteiger charge is 2.48. The normalized spacial score (nSPS) is 22.9. The van der Waals surface area contributed by atoms with E-state index in [9.17, 15) is 15.0 Å². The van der Waals surface area contributed by atoms with E-state index in [-0.39, 0.29) is 0 Å². The lowest BCUT2D eigenvalue weighted by molar-refractivity contribution is -0.164. The van der Waals surface area contributed by atoms with Gasteiger partial charge in [0.15, 0.2) is 0 Å². The number of methoxy groups -OCH3 is 1. The number of piperidine rings is 1. The Morgan fingerprint density at radius 3 is 2.71 bits per heavy atom. The predicted molar refractivity (Wildman–Crippen MR) is 104 cm³/mol. The quantitative estimate of drug-likeness (QED) is 0.752. The van der Waals surface area contributed by atoms with Crippen LogP contribution in [0.5, 0.6) is 5.75 Å². The summed E-state index contributed by atoms with van der Waals surface area (Å²) in [7, 11) is 1.62. The number of carbonyl (C=O) groups is 1. The molecule has 0 radical (unpaired) electrons. The average Bonchev–Trinajstić information content (AvgIpc) is 3.05. The molecular weight excluding hydrogens is 360 g/mol.